The van der Waals surface area contributed by atoms with Gasteiger partial charge in [0, 0.05) is 30.6 Å². The predicted molar refractivity (Wildman–Crippen MR) is 90.3 cm³/mol. The van der Waals surface area contributed by atoms with Crippen molar-refractivity contribution in [2.45, 2.75) is 44.4 Å². The number of amides is 1. The van der Waals surface area contributed by atoms with Crippen LogP contribution in [0.2, 0.25) is 0 Å². The Bertz CT molecular complexity index is 713. The molecule has 0 spiro atoms. The number of aliphatic hydroxyl groups excluding tert-OH is 1. The van der Waals surface area contributed by atoms with Gasteiger partial charge in [-0.15, -0.1) is 0 Å². The van der Waals surface area contributed by atoms with Gasteiger partial charge in [0.15, 0.2) is 0 Å². The van der Waals surface area contributed by atoms with E-state index >= 15 is 0 Å². The fraction of sp³-hybridized carbons (Fsp3) is 0.556. The summed E-state index contributed by atoms with van der Waals surface area (Å²) in [5.41, 5.74) is 1.09. The van der Waals surface area contributed by atoms with Crippen molar-refractivity contribution in [1.82, 2.24) is 10.2 Å². The van der Waals surface area contributed by atoms with Gasteiger partial charge in [-0.05, 0) is 38.5 Å². The van der Waals surface area contributed by atoms with Crippen LogP contribution in [0.1, 0.15) is 43.9 Å². The Hall–Kier alpha value is -2.08. The molecule has 1 aromatic rings. The van der Waals surface area contributed by atoms with Crippen LogP contribution in [-0.2, 0) is 4.79 Å². The average Bonchev–Trinajstić information content (AvgIpc) is 3.20. The highest BCUT2D eigenvalue weighted by molar-refractivity contribution is 6.00. The number of hydrogen-bond acceptors (Lipinski definition) is 5. The summed E-state index contributed by atoms with van der Waals surface area (Å²) in [7, 11) is 0. The fourth-order valence-corrected chi connectivity index (χ4v) is 3.81. The molecule has 6 heteroatoms. The smallest absolute Gasteiger partial charge is 0.223 e. The zero-order valence-corrected chi connectivity index (χ0v) is 14.1. The highest BCUT2D eigenvalue weighted by Crippen LogP contribution is 2.44. The predicted octanol–water partition coefficient (Wildman–Crippen LogP) is 1.23. The summed E-state index contributed by atoms with van der Waals surface area (Å²) in [6.07, 6.45) is 0.612. The Labute approximate surface area is 141 Å². The van der Waals surface area contributed by atoms with E-state index in [1.54, 1.807) is 4.90 Å². The van der Waals surface area contributed by atoms with Crippen LogP contribution in [0.5, 0.6) is 5.75 Å². The third-order valence-corrected chi connectivity index (χ3v) is 5.11. The molecule has 1 fully saturated rings. The topological polar surface area (TPSA) is 74.2 Å². The molecule has 0 aliphatic carbocycles. The highest BCUT2D eigenvalue weighted by atomic mass is 16.5. The lowest BCUT2D eigenvalue weighted by Gasteiger charge is -2.45. The van der Waals surface area contributed by atoms with Gasteiger partial charge in [0.1, 0.15) is 23.3 Å². The molecule has 24 heavy (non-hydrogen) atoms. The van der Waals surface area contributed by atoms with Crippen molar-refractivity contribution in [3.63, 3.8) is 0 Å². The molecule has 0 radical (unpaired) electrons. The molecule has 0 aromatic heterocycles. The van der Waals surface area contributed by atoms with Gasteiger partial charge < -0.3 is 20.1 Å². The van der Waals surface area contributed by atoms with Gasteiger partial charge in [0.2, 0.25) is 5.91 Å². The molecule has 3 aliphatic heterocycles. The maximum absolute atomic E-state index is 12.3. The van der Waals surface area contributed by atoms with Crippen molar-refractivity contribution in [3.8, 4) is 5.75 Å². The standard InChI is InChI=1S/C18H23N3O3/c1-18(2)16(23)15(21-9-3-4-14(21)22)12-10-11(5-6-13(12)24-18)17-19-7-8-20-17/h5-6,10,15-16,23H,3-4,7-9H2,1-2H3,(H,19,20)/t15?,16-/m0/s1. The number of fused-ring (bicyclic) bond motifs is 1. The van der Waals surface area contributed by atoms with Gasteiger partial charge in [-0.25, -0.2) is 0 Å². The van der Waals surface area contributed by atoms with Crippen LogP contribution in [0, 0.1) is 0 Å². The molecular formula is C18H23N3O3. The van der Waals surface area contributed by atoms with Gasteiger partial charge in [-0.3, -0.25) is 9.79 Å². The number of benzene rings is 1. The minimum Gasteiger partial charge on any atom is -0.485 e. The van der Waals surface area contributed by atoms with E-state index in [1.807, 2.05) is 32.0 Å². The van der Waals surface area contributed by atoms with Crippen molar-refractivity contribution < 1.29 is 14.6 Å². The van der Waals surface area contributed by atoms with Crippen LogP contribution in [0.3, 0.4) is 0 Å². The molecule has 6 nitrogen and oxygen atoms in total. The molecule has 2 atom stereocenters. The number of likely N-dealkylation sites (tertiary alicyclic amines) is 1. The van der Waals surface area contributed by atoms with Crippen LogP contribution >= 0.6 is 0 Å². The molecule has 2 N–H and O–H groups in total. The lowest BCUT2D eigenvalue weighted by Crippen LogP contribution is -2.53. The number of amidine groups is 1. The second kappa shape index (κ2) is 5.48. The number of carbonyl (C=O) groups excluding carboxylic acids is 1. The summed E-state index contributed by atoms with van der Waals surface area (Å²) in [6, 6.07) is 5.53. The Morgan fingerprint density at radius 2 is 2.25 bits per heavy atom. The number of rotatable bonds is 2. The number of aliphatic hydroxyl groups is 1. The van der Waals surface area contributed by atoms with Crippen LogP contribution in [0.15, 0.2) is 23.2 Å². The van der Waals surface area contributed by atoms with Crippen molar-refractivity contribution >= 4 is 11.7 Å². The maximum Gasteiger partial charge on any atom is 0.223 e. The molecule has 1 amide bonds. The van der Waals surface area contributed by atoms with E-state index in [4.69, 9.17) is 4.74 Å². The number of nitrogens with zero attached hydrogens (tertiary/aromatic N) is 2. The summed E-state index contributed by atoms with van der Waals surface area (Å²) in [6.45, 7) is 6.02. The summed E-state index contributed by atoms with van der Waals surface area (Å²) in [5.74, 6) is 1.70. The molecule has 128 valence electrons. The van der Waals surface area contributed by atoms with E-state index in [2.05, 4.69) is 10.3 Å². The Kier molecular flexibility index (Phi) is 3.53. The summed E-state index contributed by atoms with van der Waals surface area (Å²) < 4.78 is 6.03. The minimum absolute atomic E-state index is 0.101. The van der Waals surface area contributed by atoms with Crippen LogP contribution in [0.25, 0.3) is 0 Å². The van der Waals surface area contributed by atoms with Gasteiger partial charge in [0.05, 0.1) is 12.6 Å². The molecule has 3 heterocycles. The van der Waals surface area contributed by atoms with Gasteiger partial charge in [0.25, 0.3) is 0 Å². The van der Waals surface area contributed by atoms with Gasteiger partial charge in [-0.2, -0.15) is 0 Å². The first-order valence-corrected chi connectivity index (χ1v) is 8.56. The lowest BCUT2D eigenvalue weighted by atomic mass is 9.85. The van der Waals surface area contributed by atoms with Crippen molar-refractivity contribution in [1.29, 1.82) is 0 Å². The Morgan fingerprint density at radius 1 is 1.42 bits per heavy atom. The lowest BCUT2D eigenvalue weighted by molar-refractivity contribution is -0.139. The molecule has 0 bridgehead atoms. The quantitative estimate of drug-likeness (QED) is 0.856. The molecule has 4 rings (SSSR count). The minimum atomic E-state index is -0.777. The fourth-order valence-electron chi connectivity index (χ4n) is 3.81. The Morgan fingerprint density at radius 3 is 2.92 bits per heavy atom. The zero-order chi connectivity index (χ0) is 16.9. The number of carbonyl (C=O) groups is 1. The maximum atomic E-state index is 12.3. The highest BCUT2D eigenvalue weighted by Gasteiger charge is 2.47. The third kappa shape index (κ3) is 2.36. The first-order valence-electron chi connectivity index (χ1n) is 8.56. The van der Waals surface area contributed by atoms with Gasteiger partial charge >= 0.3 is 0 Å². The van der Waals surface area contributed by atoms with E-state index in [0.717, 1.165) is 42.2 Å². The summed E-state index contributed by atoms with van der Waals surface area (Å²) in [4.78, 5) is 18.6. The number of ether oxygens (including phenoxy) is 1. The SMILES string of the molecule is CC1(C)Oc2ccc(C3=NCCN3)cc2C(N2CCCC2=O)[C@@H]1O. The summed E-state index contributed by atoms with van der Waals surface area (Å²) >= 11 is 0. The van der Waals surface area contributed by atoms with E-state index in [0.29, 0.717) is 13.0 Å². The molecule has 1 aromatic carbocycles. The van der Waals surface area contributed by atoms with E-state index in [9.17, 15) is 9.90 Å². The van der Waals surface area contributed by atoms with Crippen LogP contribution in [-0.4, -0.2) is 53.1 Å². The molecule has 1 unspecified atom stereocenters. The van der Waals surface area contributed by atoms with Crippen molar-refractivity contribution in [2.75, 3.05) is 19.6 Å². The largest absolute Gasteiger partial charge is 0.485 e. The second-order valence-corrected chi connectivity index (χ2v) is 7.20. The normalized spacial score (nSPS) is 28.2. The van der Waals surface area contributed by atoms with E-state index < -0.39 is 11.7 Å². The monoisotopic (exact) mass is 329 g/mol. The van der Waals surface area contributed by atoms with Crippen molar-refractivity contribution in [3.05, 3.63) is 29.3 Å². The first-order chi connectivity index (χ1) is 11.5. The van der Waals surface area contributed by atoms with E-state index in [-0.39, 0.29) is 11.9 Å². The molecule has 0 saturated carbocycles. The van der Waals surface area contributed by atoms with Crippen LogP contribution in [0.4, 0.5) is 0 Å². The Balaban J connectivity index is 1.80. The van der Waals surface area contributed by atoms with Crippen molar-refractivity contribution in [2.24, 2.45) is 4.99 Å². The molecule has 3 aliphatic rings. The summed E-state index contributed by atoms with van der Waals surface area (Å²) in [5, 5.41) is 14.2. The molecule has 1 saturated heterocycles. The average molecular weight is 329 g/mol. The first kappa shape index (κ1) is 15.4. The number of hydrogen-bond donors (Lipinski definition) is 2. The van der Waals surface area contributed by atoms with E-state index in [1.165, 1.54) is 0 Å². The third-order valence-electron chi connectivity index (χ3n) is 5.11. The molecular weight excluding hydrogens is 306 g/mol. The second-order valence-electron chi connectivity index (χ2n) is 7.20. The number of nitrogens with one attached hydrogen (secondary N) is 1. The zero-order valence-electron chi connectivity index (χ0n) is 14.1. The van der Waals surface area contributed by atoms with Gasteiger partial charge in [-0.1, -0.05) is 0 Å². The van der Waals surface area contributed by atoms with Crippen LogP contribution < -0.4 is 10.1 Å². The number of aliphatic imine (C=N–C) groups is 1.